The van der Waals surface area contributed by atoms with Crippen molar-refractivity contribution in [2.24, 2.45) is 5.84 Å². The lowest BCUT2D eigenvalue weighted by atomic mass is 10.0. The van der Waals surface area contributed by atoms with E-state index in [9.17, 15) is 0 Å². The Bertz CT molecular complexity index is 693. The summed E-state index contributed by atoms with van der Waals surface area (Å²) >= 11 is 0. The largest absolute Gasteiger partial charge is 0.292 e. The van der Waals surface area contributed by atoms with Gasteiger partial charge in [-0.25, -0.2) is 15.8 Å². The third-order valence-corrected chi connectivity index (χ3v) is 3.07. The molecule has 0 saturated heterocycles. The van der Waals surface area contributed by atoms with Crippen LogP contribution in [0.25, 0.3) is 22.4 Å². The van der Waals surface area contributed by atoms with Gasteiger partial charge in [0.25, 0.3) is 0 Å². The second-order valence-corrected chi connectivity index (χ2v) is 4.35. The van der Waals surface area contributed by atoms with Crippen LogP contribution in [0.5, 0.6) is 0 Å². The number of hydrogen-bond acceptors (Lipinski definition) is 4. The number of hydrogen-bond donors (Lipinski definition) is 2. The number of hydrazine groups is 1. The minimum absolute atomic E-state index is 0.412. The molecule has 0 fully saturated rings. The van der Waals surface area contributed by atoms with E-state index in [1.807, 2.05) is 36.4 Å². The first-order valence-electron chi connectivity index (χ1n) is 6.32. The predicted molar refractivity (Wildman–Crippen MR) is 80.7 cm³/mol. The number of rotatable bonds is 3. The second kappa shape index (κ2) is 5.50. The molecule has 0 aliphatic carbocycles. The van der Waals surface area contributed by atoms with Crippen molar-refractivity contribution in [3.63, 3.8) is 0 Å². The number of anilines is 1. The summed E-state index contributed by atoms with van der Waals surface area (Å²) in [5.74, 6) is 5.73. The second-order valence-electron chi connectivity index (χ2n) is 4.35. The van der Waals surface area contributed by atoms with Crippen LogP contribution >= 0.6 is 0 Å². The molecule has 1 aromatic heterocycles. The molecule has 20 heavy (non-hydrogen) atoms. The first-order valence-corrected chi connectivity index (χ1v) is 6.32. The maximum atomic E-state index is 5.32. The molecule has 98 valence electrons. The van der Waals surface area contributed by atoms with Gasteiger partial charge in [0, 0.05) is 11.8 Å². The normalized spacial score (nSPS) is 10.2. The first-order chi connectivity index (χ1) is 9.86. The molecule has 0 bridgehead atoms. The molecule has 0 amide bonds. The fourth-order valence-corrected chi connectivity index (χ4v) is 2.05. The predicted octanol–water partition coefficient (Wildman–Crippen LogP) is 3.10. The van der Waals surface area contributed by atoms with Crippen molar-refractivity contribution in [2.75, 3.05) is 5.43 Å². The van der Waals surface area contributed by atoms with Gasteiger partial charge in [-0.1, -0.05) is 54.6 Å². The zero-order valence-corrected chi connectivity index (χ0v) is 10.8. The number of nitrogens with two attached hydrogens (primary N) is 1. The molecule has 2 aromatic carbocycles. The summed E-state index contributed by atoms with van der Waals surface area (Å²) in [6.07, 6.45) is 1.68. The lowest BCUT2D eigenvalue weighted by Crippen LogP contribution is -2.10. The number of benzene rings is 2. The summed E-state index contributed by atoms with van der Waals surface area (Å²) in [7, 11) is 0. The van der Waals surface area contributed by atoms with Gasteiger partial charge in [-0.05, 0) is 17.2 Å². The van der Waals surface area contributed by atoms with Gasteiger partial charge in [0.1, 0.15) is 0 Å². The van der Waals surface area contributed by atoms with E-state index in [1.54, 1.807) is 6.20 Å². The molecule has 0 radical (unpaired) electrons. The van der Waals surface area contributed by atoms with E-state index >= 15 is 0 Å². The van der Waals surface area contributed by atoms with Crippen molar-refractivity contribution in [1.82, 2.24) is 9.97 Å². The highest BCUT2D eigenvalue weighted by atomic mass is 15.3. The van der Waals surface area contributed by atoms with Gasteiger partial charge >= 0.3 is 0 Å². The topological polar surface area (TPSA) is 63.8 Å². The Kier molecular flexibility index (Phi) is 3.39. The molecule has 0 atom stereocenters. The summed E-state index contributed by atoms with van der Waals surface area (Å²) in [5.41, 5.74) is 6.70. The van der Waals surface area contributed by atoms with E-state index in [1.165, 1.54) is 11.1 Å². The van der Waals surface area contributed by atoms with E-state index in [-0.39, 0.29) is 0 Å². The Balaban J connectivity index is 1.93. The van der Waals surface area contributed by atoms with Gasteiger partial charge in [-0.3, -0.25) is 5.43 Å². The van der Waals surface area contributed by atoms with Crippen molar-refractivity contribution in [2.45, 2.75) is 0 Å². The molecule has 1 heterocycles. The Morgan fingerprint density at radius 1 is 0.750 bits per heavy atom. The molecule has 3 rings (SSSR count). The Morgan fingerprint density at radius 3 is 2.10 bits per heavy atom. The Morgan fingerprint density at radius 2 is 1.40 bits per heavy atom. The minimum Gasteiger partial charge on any atom is -0.292 e. The van der Waals surface area contributed by atoms with Crippen LogP contribution in [0, 0.1) is 0 Å². The van der Waals surface area contributed by atoms with Crippen LogP contribution in [0.15, 0.2) is 66.9 Å². The Labute approximate surface area is 117 Å². The van der Waals surface area contributed by atoms with E-state index < -0.39 is 0 Å². The highest BCUT2D eigenvalue weighted by Crippen LogP contribution is 2.23. The number of aromatic nitrogens is 2. The summed E-state index contributed by atoms with van der Waals surface area (Å²) in [6, 6.07) is 20.4. The summed E-state index contributed by atoms with van der Waals surface area (Å²) in [5, 5.41) is 0. The van der Waals surface area contributed by atoms with Gasteiger partial charge in [-0.15, -0.1) is 0 Å². The molecule has 0 aliphatic heterocycles. The summed E-state index contributed by atoms with van der Waals surface area (Å²) < 4.78 is 0. The van der Waals surface area contributed by atoms with E-state index in [2.05, 4.69) is 39.7 Å². The Hall–Kier alpha value is -2.72. The zero-order chi connectivity index (χ0) is 13.8. The van der Waals surface area contributed by atoms with E-state index in [0.29, 0.717) is 5.95 Å². The number of nitrogens with one attached hydrogen (secondary N) is 1. The SMILES string of the molecule is NNc1nccc(-c2ccc(-c3ccccc3)cc2)n1. The van der Waals surface area contributed by atoms with Gasteiger partial charge < -0.3 is 0 Å². The molecular weight excluding hydrogens is 248 g/mol. The van der Waals surface area contributed by atoms with Crippen LogP contribution in [-0.4, -0.2) is 9.97 Å². The summed E-state index contributed by atoms with van der Waals surface area (Å²) in [6.45, 7) is 0. The quantitative estimate of drug-likeness (QED) is 0.562. The maximum absolute atomic E-state index is 5.32. The fraction of sp³-hybridized carbons (Fsp3) is 0. The maximum Gasteiger partial charge on any atom is 0.237 e. The summed E-state index contributed by atoms with van der Waals surface area (Å²) in [4.78, 5) is 8.32. The molecule has 4 heteroatoms. The average molecular weight is 262 g/mol. The van der Waals surface area contributed by atoms with Gasteiger partial charge in [0.05, 0.1) is 5.69 Å². The lowest BCUT2D eigenvalue weighted by Gasteiger charge is -2.05. The van der Waals surface area contributed by atoms with Gasteiger partial charge in [0.15, 0.2) is 0 Å². The highest BCUT2D eigenvalue weighted by Gasteiger charge is 2.02. The van der Waals surface area contributed by atoms with Crippen LogP contribution in [0.1, 0.15) is 0 Å². The van der Waals surface area contributed by atoms with Crippen LogP contribution in [0.2, 0.25) is 0 Å². The van der Waals surface area contributed by atoms with Crippen molar-refractivity contribution in [3.05, 3.63) is 66.9 Å². The van der Waals surface area contributed by atoms with Crippen molar-refractivity contribution < 1.29 is 0 Å². The lowest BCUT2D eigenvalue weighted by molar-refractivity contribution is 1.12. The smallest absolute Gasteiger partial charge is 0.237 e. The number of nitrogen functional groups attached to an aromatic ring is 1. The van der Waals surface area contributed by atoms with Crippen LogP contribution in [-0.2, 0) is 0 Å². The fourth-order valence-electron chi connectivity index (χ4n) is 2.05. The van der Waals surface area contributed by atoms with E-state index in [0.717, 1.165) is 11.3 Å². The van der Waals surface area contributed by atoms with Crippen molar-refractivity contribution >= 4 is 5.95 Å². The molecular formula is C16H14N4. The molecule has 0 aliphatic rings. The average Bonchev–Trinajstić information content (AvgIpc) is 2.56. The standard InChI is InChI=1S/C16H14N4/c17-20-16-18-11-10-15(19-16)14-8-6-13(7-9-14)12-4-2-1-3-5-12/h1-11H,17H2,(H,18,19,20). The van der Waals surface area contributed by atoms with Crippen LogP contribution < -0.4 is 11.3 Å². The zero-order valence-electron chi connectivity index (χ0n) is 10.8. The number of nitrogens with zero attached hydrogens (tertiary/aromatic N) is 2. The van der Waals surface area contributed by atoms with Crippen molar-refractivity contribution in [1.29, 1.82) is 0 Å². The monoisotopic (exact) mass is 262 g/mol. The molecule has 3 aromatic rings. The molecule has 0 spiro atoms. The van der Waals surface area contributed by atoms with Crippen LogP contribution in [0.3, 0.4) is 0 Å². The first kappa shape index (κ1) is 12.3. The molecule has 0 unspecified atom stereocenters. The highest BCUT2D eigenvalue weighted by molar-refractivity contribution is 5.68. The molecule has 4 nitrogen and oxygen atoms in total. The van der Waals surface area contributed by atoms with Crippen molar-refractivity contribution in [3.8, 4) is 22.4 Å². The molecule has 0 saturated carbocycles. The van der Waals surface area contributed by atoms with E-state index in [4.69, 9.17) is 5.84 Å². The third kappa shape index (κ3) is 2.50. The van der Waals surface area contributed by atoms with Gasteiger partial charge in [-0.2, -0.15) is 0 Å². The third-order valence-electron chi connectivity index (χ3n) is 3.07. The van der Waals surface area contributed by atoms with Gasteiger partial charge in [0.2, 0.25) is 5.95 Å². The molecule has 3 N–H and O–H groups in total. The van der Waals surface area contributed by atoms with Crippen LogP contribution in [0.4, 0.5) is 5.95 Å². The minimum atomic E-state index is 0.412.